The Morgan fingerprint density at radius 1 is 1.33 bits per heavy atom. The van der Waals surface area contributed by atoms with Crippen LogP contribution in [-0.4, -0.2) is 34.3 Å². The van der Waals surface area contributed by atoms with Gasteiger partial charge in [0.1, 0.15) is 17.8 Å². The van der Waals surface area contributed by atoms with Crippen molar-refractivity contribution in [2.45, 2.75) is 44.7 Å². The number of rotatable bonds is 5. The Morgan fingerprint density at radius 3 is 2.78 bits per heavy atom. The highest BCUT2D eigenvalue weighted by atomic mass is 16.3. The number of piperazine rings is 1. The maximum Gasteiger partial charge on any atom is 0.243 e. The smallest absolute Gasteiger partial charge is 0.243 e. The Balaban J connectivity index is 1.54. The van der Waals surface area contributed by atoms with Gasteiger partial charge >= 0.3 is 0 Å². The van der Waals surface area contributed by atoms with Crippen molar-refractivity contribution in [3.05, 3.63) is 54.2 Å². The minimum absolute atomic E-state index is 0.0386. The van der Waals surface area contributed by atoms with E-state index in [1.165, 1.54) is 12.0 Å². The molecule has 4 rings (SSSR count). The average molecular weight is 367 g/mol. The highest BCUT2D eigenvalue weighted by Gasteiger charge is 2.49. The molecule has 6 heteroatoms. The van der Waals surface area contributed by atoms with Crippen LogP contribution in [0, 0.1) is 11.8 Å². The van der Waals surface area contributed by atoms with Crippen LogP contribution in [0.2, 0.25) is 0 Å². The maximum atomic E-state index is 13.3. The molecule has 1 aliphatic carbocycles. The second kappa shape index (κ2) is 7.18. The minimum atomic E-state index is -0.423. The summed E-state index contributed by atoms with van der Waals surface area (Å²) in [6.45, 7) is 4.57. The molecule has 2 fully saturated rings. The molecule has 27 heavy (non-hydrogen) atoms. The van der Waals surface area contributed by atoms with Gasteiger partial charge in [-0.25, -0.2) is 4.98 Å². The number of benzene rings is 1. The molecule has 1 aliphatic heterocycles. The third kappa shape index (κ3) is 3.61. The van der Waals surface area contributed by atoms with Gasteiger partial charge < -0.3 is 14.6 Å². The van der Waals surface area contributed by atoms with Crippen molar-refractivity contribution >= 4 is 11.8 Å². The molecule has 4 atom stereocenters. The third-order valence-corrected chi connectivity index (χ3v) is 5.48. The van der Waals surface area contributed by atoms with Crippen molar-refractivity contribution < 1.29 is 14.0 Å². The number of hydrogen-bond donors (Lipinski definition) is 1. The van der Waals surface area contributed by atoms with E-state index in [1.54, 1.807) is 11.1 Å². The maximum absolute atomic E-state index is 13.3. The summed E-state index contributed by atoms with van der Waals surface area (Å²) in [6, 6.07) is 9.37. The van der Waals surface area contributed by atoms with Gasteiger partial charge in [0.05, 0.1) is 6.20 Å². The number of carbonyl (C=O) groups is 2. The zero-order valence-electron chi connectivity index (χ0n) is 15.7. The van der Waals surface area contributed by atoms with E-state index in [4.69, 9.17) is 4.42 Å². The number of nitrogens with zero attached hydrogens (tertiary/aromatic N) is 2. The molecule has 1 aromatic carbocycles. The molecule has 2 heterocycles. The van der Waals surface area contributed by atoms with Crippen molar-refractivity contribution in [1.82, 2.24) is 15.2 Å². The van der Waals surface area contributed by atoms with Crippen molar-refractivity contribution in [3.63, 3.8) is 0 Å². The number of aromatic nitrogens is 1. The third-order valence-electron chi connectivity index (χ3n) is 5.48. The summed E-state index contributed by atoms with van der Waals surface area (Å²) in [5.74, 6) is 1.09. The molecule has 142 valence electrons. The van der Waals surface area contributed by atoms with Crippen LogP contribution in [-0.2, 0) is 9.59 Å². The summed E-state index contributed by atoms with van der Waals surface area (Å²) in [5.41, 5.74) is 1.20. The zero-order chi connectivity index (χ0) is 19.0. The van der Waals surface area contributed by atoms with E-state index in [1.807, 2.05) is 18.2 Å². The molecule has 0 spiro atoms. The zero-order valence-corrected chi connectivity index (χ0v) is 15.7. The Morgan fingerprint density at radius 2 is 2.11 bits per heavy atom. The lowest BCUT2D eigenvalue weighted by atomic mass is 9.96. The minimum Gasteiger partial charge on any atom is -0.446 e. The highest BCUT2D eigenvalue weighted by molar-refractivity contribution is 5.91. The summed E-state index contributed by atoms with van der Waals surface area (Å²) in [7, 11) is 0. The van der Waals surface area contributed by atoms with Gasteiger partial charge in [-0.2, -0.15) is 0 Å². The van der Waals surface area contributed by atoms with Gasteiger partial charge in [0, 0.05) is 12.5 Å². The van der Waals surface area contributed by atoms with Gasteiger partial charge in [0.2, 0.25) is 11.8 Å². The number of hydrogen-bond acceptors (Lipinski definition) is 4. The van der Waals surface area contributed by atoms with Crippen LogP contribution in [0.25, 0.3) is 0 Å². The summed E-state index contributed by atoms with van der Waals surface area (Å²) < 4.78 is 5.37. The summed E-state index contributed by atoms with van der Waals surface area (Å²) in [5, 5.41) is 2.99. The molecule has 1 N–H and O–H groups in total. The molecular weight excluding hydrogens is 342 g/mol. The molecule has 1 saturated heterocycles. The lowest BCUT2D eigenvalue weighted by Crippen LogP contribution is -2.59. The van der Waals surface area contributed by atoms with Gasteiger partial charge in [0.15, 0.2) is 6.39 Å². The van der Waals surface area contributed by atoms with Crippen LogP contribution >= 0.6 is 0 Å². The first kappa shape index (κ1) is 17.8. The Bertz CT molecular complexity index is 803. The molecule has 0 bridgehead atoms. The van der Waals surface area contributed by atoms with Gasteiger partial charge in [-0.05, 0) is 30.2 Å². The molecule has 2 aliphatic rings. The van der Waals surface area contributed by atoms with Crippen molar-refractivity contribution in [2.24, 2.45) is 11.8 Å². The molecule has 1 aromatic heterocycles. The van der Waals surface area contributed by atoms with E-state index in [0.29, 0.717) is 24.6 Å². The Labute approximate surface area is 159 Å². The largest absolute Gasteiger partial charge is 0.446 e. The van der Waals surface area contributed by atoms with E-state index in [-0.39, 0.29) is 29.7 Å². The lowest BCUT2D eigenvalue weighted by Gasteiger charge is -2.39. The average Bonchev–Trinajstić information content (AvgIpc) is 3.27. The lowest BCUT2D eigenvalue weighted by molar-refractivity contribution is -0.146. The standard InChI is InChI=1S/C21H25N3O3/c1-13(2)8-18-20(25)23-17(19-10-22-12-27-19)11-24(18)21(26)16-9-15(16)14-6-4-3-5-7-14/h3-7,10,12-13,15-18H,8-9,11H2,1-2H3,(H,23,25)/t15-,16+,17+,18-/m0/s1. The first-order valence-electron chi connectivity index (χ1n) is 9.58. The van der Waals surface area contributed by atoms with Crippen LogP contribution in [0.5, 0.6) is 0 Å². The van der Waals surface area contributed by atoms with Crippen LogP contribution in [0.3, 0.4) is 0 Å². The predicted octanol–water partition coefficient (Wildman–Crippen LogP) is 2.89. The van der Waals surface area contributed by atoms with Gasteiger partial charge in [-0.15, -0.1) is 0 Å². The molecule has 6 nitrogen and oxygen atoms in total. The van der Waals surface area contributed by atoms with Crippen molar-refractivity contribution in [1.29, 1.82) is 0 Å². The van der Waals surface area contributed by atoms with E-state index in [0.717, 1.165) is 6.42 Å². The molecule has 2 aromatic rings. The quantitative estimate of drug-likeness (QED) is 0.882. The van der Waals surface area contributed by atoms with E-state index >= 15 is 0 Å². The monoisotopic (exact) mass is 367 g/mol. The van der Waals surface area contributed by atoms with E-state index in [9.17, 15) is 9.59 Å². The number of oxazole rings is 1. The van der Waals surface area contributed by atoms with E-state index in [2.05, 4.69) is 36.3 Å². The second-order valence-electron chi connectivity index (χ2n) is 7.96. The summed E-state index contributed by atoms with van der Waals surface area (Å²) in [6.07, 6.45) is 4.45. The fraction of sp³-hybridized carbons (Fsp3) is 0.476. The van der Waals surface area contributed by atoms with Crippen LogP contribution in [0.4, 0.5) is 0 Å². The summed E-state index contributed by atoms with van der Waals surface area (Å²) in [4.78, 5) is 31.8. The van der Waals surface area contributed by atoms with E-state index < -0.39 is 6.04 Å². The van der Waals surface area contributed by atoms with Crippen LogP contribution in [0.15, 0.2) is 47.3 Å². The molecular formula is C21H25N3O3. The van der Waals surface area contributed by atoms with Crippen LogP contribution in [0.1, 0.15) is 50.0 Å². The van der Waals surface area contributed by atoms with Gasteiger partial charge in [-0.3, -0.25) is 9.59 Å². The SMILES string of the molecule is CC(C)C[C@H]1C(=O)N[C@@H](c2cnco2)CN1C(=O)[C@@H]1C[C@H]1c1ccccc1. The number of nitrogens with one attached hydrogen (secondary N) is 1. The predicted molar refractivity (Wildman–Crippen MR) is 99.6 cm³/mol. The first-order valence-corrected chi connectivity index (χ1v) is 9.58. The summed E-state index contributed by atoms with van der Waals surface area (Å²) >= 11 is 0. The Hall–Kier alpha value is -2.63. The normalized spacial score (nSPS) is 27.5. The van der Waals surface area contributed by atoms with Crippen molar-refractivity contribution in [2.75, 3.05) is 6.54 Å². The number of carbonyl (C=O) groups excluding carboxylic acids is 2. The second-order valence-corrected chi connectivity index (χ2v) is 7.96. The molecule has 0 radical (unpaired) electrons. The topological polar surface area (TPSA) is 75.4 Å². The van der Waals surface area contributed by atoms with Crippen molar-refractivity contribution in [3.8, 4) is 0 Å². The van der Waals surface area contributed by atoms with Gasteiger partial charge in [-0.1, -0.05) is 44.2 Å². The molecule has 0 unspecified atom stereocenters. The van der Waals surface area contributed by atoms with Gasteiger partial charge in [0.25, 0.3) is 0 Å². The fourth-order valence-electron chi connectivity index (χ4n) is 4.01. The first-order chi connectivity index (χ1) is 13.0. The molecule has 1 saturated carbocycles. The molecule has 2 amide bonds. The highest BCUT2D eigenvalue weighted by Crippen LogP contribution is 2.49. The Kier molecular flexibility index (Phi) is 4.72. The van der Waals surface area contributed by atoms with Crippen LogP contribution < -0.4 is 5.32 Å². The fourth-order valence-corrected chi connectivity index (χ4v) is 4.01. The number of amides is 2.